The summed E-state index contributed by atoms with van der Waals surface area (Å²) in [5.74, 6) is -4.62. The highest BCUT2D eigenvalue weighted by molar-refractivity contribution is 5.82. The fraction of sp³-hybridized carbons (Fsp3) is 0.910. The van der Waals surface area contributed by atoms with Crippen molar-refractivity contribution in [3.8, 4) is 0 Å². The molecule has 0 aromatic heterocycles. The van der Waals surface area contributed by atoms with Gasteiger partial charge in [0.15, 0.2) is 62.0 Å². The average Bonchev–Trinajstić information content (AvgIpc) is 0.772. The van der Waals surface area contributed by atoms with Crippen LogP contribution >= 0.6 is 0 Å². The number of ether oxygens (including phenoxy) is 14. The number of carbonyl (C=O) groups excluding carboxylic acids is 4. The molecule has 0 aromatic carbocycles. The van der Waals surface area contributed by atoms with E-state index in [1.54, 1.807) is 13.8 Å². The number of hydrogen-bond donors (Lipinski definition) is 9. The zero-order chi connectivity index (χ0) is 68.8. The van der Waals surface area contributed by atoms with E-state index in [9.17, 15) is 65.1 Å². The first-order valence-electron chi connectivity index (χ1n) is 35.0. The Morgan fingerprint density at radius 3 is 1.71 bits per heavy atom. The summed E-state index contributed by atoms with van der Waals surface area (Å²) in [5, 5.41) is 102. The number of aliphatic hydroxyl groups excluding tert-OH is 9. The zero-order valence-corrected chi connectivity index (χ0v) is 56.7. The zero-order valence-electron chi connectivity index (χ0n) is 56.7. The fourth-order valence-corrected chi connectivity index (χ4v) is 12.8. The van der Waals surface area contributed by atoms with E-state index in [1.807, 2.05) is 0 Å². The summed E-state index contributed by atoms with van der Waals surface area (Å²) in [6, 6.07) is 0. The Morgan fingerprint density at radius 1 is 0.521 bits per heavy atom. The molecule has 0 bridgehead atoms. The first kappa shape index (κ1) is 79.8. The molecule has 544 valence electrons. The topological polar surface area (TPSA) is 380 Å². The van der Waals surface area contributed by atoms with Crippen LogP contribution in [0.3, 0.4) is 0 Å². The number of hydrogen-bond acceptors (Lipinski definition) is 27. The van der Waals surface area contributed by atoms with Crippen LogP contribution in [0.25, 0.3) is 0 Å². The summed E-state index contributed by atoms with van der Waals surface area (Å²) in [4.78, 5) is 55.1. The third-order valence-corrected chi connectivity index (χ3v) is 18.8. The lowest BCUT2D eigenvalue weighted by molar-refractivity contribution is -0.395. The van der Waals surface area contributed by atoms with Crippen LogP contribution in [0, 0.1) is 5.92 Å². The van der Waals surface area contributed by atoms with E-state index in [2.05, 4.69) is 13.8 Å². The SMILES string of the molecule is C/C=C/C(=O)O[C@@H]1[C@@H](OC(=O)C(C)C(C)O)[C@@H](O[C@H]2O[C@H](CO)[C@@H](O)[C@H](O)[C@H]2O)[C@H](O[C@@H]2[C@@H](O)[C@@H](OC(=O)CCCCCCCCCCC)[C@H](O[C@@H]3[C@@H](O)[C@H]4OC(=O)CCCCCCCCCC(CCCCC)O[C@@H]5O[C@H](C)[C@@H](O)[C@H](O)[C@H]5O[C@H]4O[C@H]3C)O[C@H]2C)O[C@H]1C. The van der Waals surface area contributed by atoms with Crippen molar-refractivity contribution in [2.45, 2.75) is 376 Å². The maximum absolute atomic E-state index is 14.1. The Balaban J connectivity index is 1.34. The Bertz CT molecular complexity index is 2240. The second-order valence-corrected chi connectivity index (χ2v) is 26.5. The van der Waals surface area contributed by atoms with Crippen LogP contribution in [0.4, 0.5) is 0 Å². The second-order valence-electron chi connectivity index (χ2n) is 26.5. The van der Waals surface area contributed by atoms with Gasteiger partial charge in [0.05, 0.1) is 49.1 Å². The number of esters is 4. The van der Waals surface area contributed by atoms with Crippen molar-refractivity contribution in [2.24, 2.45) is 5.92 Å². The Morgan fingerprint density at radius 2 is 1.07 bits per heavy atom. The van der Waals surface area contributed by atoms with Crippen molar-refractivity contribution >= 4 is 23.9 Å². The minimum atomic E-state index is -2.05. The number of fused-ring (bicyclic) bond motifs is 2. The lowest BCUT2D eigenvalue weighted by Crippen LogP contribution is -2.68. The van der Waals surface area contributed by atoms with E-state index >= 15 is 0 Å². The molecular formula is C67H114O27. The molecule has 0 spiro atoms. The number of allylic oxidation sites excluding steroid dienone is 1. The summed E-state index contributed by atoms with van der Waals surface area (Å²) < 4.78 is 88.0. The molecule has 6 aliphatic rings. The van der Waals surface area contributed by atoms with Crippen LogP contribution in [0.5, 0.6) is 0 Å². The standard InChI is InChI=1S/C67H114O27/c1-10-13-15-16-17-18-21-24-28-33-45(71)88-58-53(79)55(92-67-61(94-63-51(77)49(75)48(74)43(35-68)86-63)60(90-62(80)36(4)37(5)69)56(41(9)84-67)87-44(70)30-12-3)40(8)82-65(58)91-54-39(7)83-66-59(52(54)78)89-46(72)34-29-25-22-19-20-23-27-32-42(31-26-14-11-2)85-64-57(93-66)50(76)47(73)38(6)81-64/h12,30,36-43,47-61,63-69,73-79H,10-11,13-29,31-35H2,1-9H3/b30-12+/t36?,37?,38-,39+,40+,41+,42?,43-,47-,48-,49+,50+,51-,52-,53-,54+,55+,56+,57-,58-,59-,60-,61-,63-,64+,65+,66-,67+/m1/s1. The second kappa shape index (κ2) is 40.2. The fourth-order valence-electron chi connectivity index (χ4n) is 12.8. The van der Waals surface area contributed by atoms with E-state index in [0.29, 0.717) is 32.1 Å². The molecule has 28 atom stereocenters. The molecule has 9 N–H and O–H groups in total. The maximum atomic E-state index is 14.1. The van der Waals surface area contributed by atoms with Gasteiger partial charge < -0.3 is 112 Å². The molecule has 0 aromatic rings. The summed E-state index contributed by atoms with van der Waals surface area (Å²) in [6.07, 6.45) is -21.2. The average molecular weight is 1350 g/mol. The van der Waals surface area contributed by atoms with Gasteiger partial charge in [0.2, 0.25) is 0 Å². The molecule has 3 unspecified atom stereocenters. The predicted molar refractivity (Wildman–Crippen MR) is 332 cm³/mol. The van der Waals surface area contributed by atoms with E-state index in [-0.39, 0.29) is 18.9 Å². The van der Waals surface area contributed by atoms with Gasteiger partial charge in [-0.2, -0.15) is 0 Å². The molecule has 6 saturated heterocycles. The van der Waals surface area contributed by atoms with Gasteiger partial charge in [-0.1, -0.05) is 129 Å². The lowest BCUT2D eigenvalue weighted by Gasteiger charge is -2.50. The molecule has 6 fully saturated rings. The van der Waals surface area contributed by atoms with Gasteiger partial charge >= 0.3 is 23.9 Å². The third-order valence-electron chi connectivity index (χ3n) is 18.8. The van der Waals surface area contributed by atoms with E-state index in [0.717, 1.165) is 109 Å². The predicted octanol–water partition coefficient (Wildman–Crippen LogP) is 4.40. The summed E-state index contributed by atoms with van der Waals surface area (Å²) >= 11 is 0. The molecular weight excluding hydrogens is 1240 g/mol. The monoisotopic (exact) mass is 1350 g/mol. The van der Waals surface area contributed by atoms with Gasteiger partial charge in [-0.25, -0.2) is 4.79 Å². The molecule has 0 aliphatic carbocycles. The van der Waals surface area contributed by atoms with E-state index in [1.165, 1.54) is 40.7 Å². The first-order chi connectivity index (χ1) is 44.9. The van der Waals surface area contributed by atoms with Crippen molar-refractivity contribution < 1.29 is 131 Å². The molecule has 27 nitrogen and oxygen atoms in total. The van der Waals surface area contributed by atoms with Crippen LogP contribution in [0.2, 0.25) is 0 Å². The minimum absolute atomic E-state index is 0.0362. The van der Waals surface area contributed by atoms with Gasteiger partial charge in [0.1, 0.15) is 67.1 Å². The van der Waals surface area contributed by atoms with Crippen LogP contribution < -0.4 is 0 Å². The lowest BCUT2D eigenvalue weighted by atomic mass is 9.95. The van der Waals surface area contributed by atoms with Gasteiger partial charge in [-0.05, 0) is 74.1 Å². The minimum Gasteiger partial charge on any atom is -0.455 e. The molecule has 6 rings (SSSR count). The van der Waals surface area contributed by atoms with Crippen molar-refractivity contribution in [3.63, 3.8) is 0 Å². The number of rotatable bonds is 27. The maximum Gasteiger partial charge on any atom is 0.330 e. The Hall–Kier alpha value is -3.14. The van der Waals surface area contributed by atoms with E-state index < -0.39 is 196 Å². The van der Waals surface area contributed by atoms with Crippen LogP contribution in [-0.2, 0) is 85.5 Å². The number of carbonyl (C=O) groups is 4. The van der Waals surface area contributed by atoms with Crippen LogP contribution in [0.1, 0.15) is 210 Å². The molecule has 27 heteroatoms. The van der Waals surface area contributed by atoms with E-state index in [4.69, 9.17) is 66.3 Å². The molecule has 0 amide bonds. The summed E-state index contributed by atoms with van der Waals surface area (Å²) in [7, 11) is 0. The van der Waals surface area contributed by atoms with Crippen LogP contribution in [-0.4, -0.2) is 242 Å². The van der Waals surface area contributed by atoms with Crippen molar-refractivity contribution in [2.75, 3.05) is 6.61 Å². The van der Waals surface area contributed by atoms with Gasteiger partial charge in [0, 0.05) is 18.9 Å². The molecule has 94 heavy (non-hydrogen) atoms. The highest BCUT2D eigenvalue weighted by atomic mass is 16.8. The molecule has 6 heterocycles. The van der Waals surface area contributed by atoms with Crippen molar-refractivity contribution in [3.05, 3.63) is 12.2 Å². The summed E-state index contributed by atoms with van der Waals surface area (Å²) in [6.45, 7) is 13.7. The molecule has 0 radical (unpaired) electrons. The highest BCUT2D eigenvalue weighted by Crippen LogP contribution is 2.40. The Kier molecular flexibility index (Phi) is 34.1. The molecule has 0 saturated carbocycles. The van der Waals surface area contributed by atoms with Crippen molar-refractivity contribution in [1.82, 2.24) is 0 Å². The van der Waals surface area contributed by atoms with Gasteiger partial charge in [-0.15, -0.1) is 0 Å². The van der Waals surface area contributed by atoms with Gasteiger partial charge in [-0.3, -0.25) is 14.4 Å². The molecule has 6 aliphatic heterocycles. The van der Waals surface area contributed by atoms with Gasteiger partial charge in [0.25, 0.3) is 0 Å². The number of unbranched alkanes of at least 4 members (excludes halogenated alkanes) is 10. The normalized spacial score (nSPS) is 39.8. The smallest absolute Gasteiger partial charge is 0.330 e. The van der Waals surface area contributed by atoms with Crippen LogP contribution in [0.15, 0.2) is 12.2 Å². The van der Waals surface area contributed by atoms with Crippen molar-refractivity contribution in [1.29, 1.82) is 0 Å². The summed E-state index contributed by atoms with van der Waals surface area (Å²) in [5.41, 5.74) is 0. The third kappa shape index (κ3) is 22.7. The number of aliphatic hydroxyl groups is 9. The highest BCUT2D eigenvalue weighted by Gasteiger charge is 2.59. The quantitative estimate of drug-likeness (QED) is 0.0238. The Labute approximate surface area is 553 Å². The largest absolute Gasteiger partial charge is 0.455 e. The first-order valence-corrected chi connectivity index (χ1v) is 35.0.